The number of hydrogen-bond acceptors (Lipinski definition) is 8. The Labute approximate surface area is 231 Å². The van der Waals surface area contributed by atoms with Gasteiger partial charge in [-0.25, -0.2) is 9.97 Å². The molecule has 1 aliphatic rings. The Morgan fingerprint density at radius 3 is 2.38 bits per heavy atom. The van der Waals surface area contributed by atoms with Crippen LogP contribution in [0.15, 0.2) is 60.8 Å². The fourth-order valence-corrected chi connectivity index (χ4v) is 4.36. The Bertz CT molecular complexity index is 1320. The first-order valence-electron chi connectivity index (χ1n) is 13.3. The van der Waals surface area contributed by atoms with E-state index in [1.165, 1.54) is 6.20 Å². The van der Waals surface area contributed by atoms with Gasteiger partial charge in [0.25, 0.3) is 5.91 Å². The molecular weight excluding hydrogens is 490 g/mol. The van der Waals surface area contributed by atoms with Crippen molar-refractivity contribution in [3.05, 3.63) is 77.6 Å². The SMILES string of the molecule is CC(C)(C)CCN1CCCN(C(=O)c2ccc(-c3cnc(N)c(C(=N)OC(=N)c4ccccc4)n3)cc2)CC1.[HH]. The highest BCUT2D eigenvalue weighted by molar-refractivity contribution is 6.05. The highest BCUT2D eigenvalue weighted by Gasteiger charge is 2.22. The lowest BCUT2D eigenvalue weighted by Gasteiger charge is -2.25. The molecule has 0 radical (unpaired) electrons. The molecular formula is C30H39N7O2. The molecule has 1 amide bonds. The number of aromatic nitrogens is 2. The average Bonchev–Trinajstić information content (AvgIpc) is 3.18. The lowest BCUT2D eigenvalue weighted by molar-refractivity contribution is 0.0760. The van der Waals surface area contributed by atoms with E-state index in [1.807, 2.05) is 23.1 Å². The van der Waals surface area contributed by atoms with E-state index >= 15 is 0 Å². The summed E-state index contributed by atoms with van der Waals surface area (Å²) >= 11 is 0. The van der Waals surface area contributed by atoms with E-state index in [-0.39, 0.29) is 30.6 Å². The van der Waals surface area contributed by atoms with Crippen molar-refractivity contribution in [2.45, 2.75) is 33.6 Å². The van der Waals surface area contributed by atoms with Gasteiger partial charge in [0.05, 0.1) is 11.9 Å². The van der Waals surface area contributed by atoms with Crippen LogP contribution < -0.4 is 5.73 Å². The van der Waals surface area contributed by atoms with Crippen molar-refractivity contribution in [2.75, 3.05) is 38.5 Å². The lowest BCUT2D eigenvalue weighted by Crippen LogP contribution is -2.35. The molecule has 0 bridgehead atoms. The van der Waals surface area contributed by atoms with E-state index in [0.29, 0.717) is 22.2 Å². The molecule has 0 saturated carbocycles. The number of benzene rings is 2. The van der Waals surface area contributed by atoms with Gasteiger partial charge in [-0.3, -0.25) is 15.6 Å². The molecule has 39 heavy (non-hydrogen) atoms. The van der Waals surface area contributed by atoms with Gasteiger partial charge in [-0.1, -0.05) is 51.1 Å². The quantitative estimate of drug-likeness (QED) is 0.307. The number of rotatable bonds is 6. The van der Waals surface area contributed by atoms with Crippen molar-refractivity contribution in [1.29, 1.82) is 10.8 Å². The highest BCUT2D eigenvalue weighted by Crippen LogP contribution is 2.22. The van der Waals surface area contributed by atoms with E-state index in [0.717, 1.165) is 51.1 Å². The Kier molecular flexibility index (Phi) is 8.71. The summed E-state index contributed by atoms with van der Waals surface area (Å²) in [6.45, 7) is 11.2. The standard InChI is InChI=1S/C30H37N7O2.H2/c1-30(2,3)14-17-36-15-7-16-37(19-18-36)29(38)23-12-10-21(11-13-23)24-20-34-26(31)25(35-24)28(33)39-27(32)22-8-5-4-6-9-22;/h4-6,8-13,20,32-33H,7,14-19H2,1-3H3,(H2,31,34);1H. The molecule has 2 heterocycles. The number of nitrogens with one attached hydrogen (secondary N) is 2. The van der Waals surface area contributed by atoms with Crippen LogP contribution in [0.1, 0.15) is 56.7 Å². The van der Waals surface area contributed by atoms with Crippen LogP contribution in [-0.4, -0.2) is 70.2 Å². The Balaban J connectivity index is 0.00000441. The second-order valence-electron chi connectivity index (χ2n) is 11.0. The predicted octanol–water partition coefficient (Wildman–Crippen LogP) is 4.92. The van der Waals surface area contributed by atoms with Crippen LogP contribution in [0, 0.1) is 16.2 Å². The highest BCUT2D eigenvalue weighted by atomic mass is 16.5. The predicted molar refractivity (Wildman–Crippen MR) is 156 cm³/mol. The Morgan fingerprint density at radius 2 is 1.69 bits per heavy atom. The number of nitrogens with zero attached hydrogens (tertiary/aromatic N) is 4. The van der Waals surface area contributed by atoms with Crippen molar-refractivity contribution in [3.8, 4) is 11.3 Å². The molecule has 0 aliphatic carbocycles. The Hall–Kier alpha value is -4.11. The van der Waals surface area contributed by atoms with Gasteiger partial charge in [0.2, 0.25) is 11.8 Å². The van der Waals surface area contributed by atoms with E-state index < -0.39 is 0 Å². The van der Waals surface area contributed by atoms with Crippen LogP contribution >= 0.6 is 0 Å². The maximum atomic E-state index is 13.2. The largest absolute Gasteiger partial charge is 0.419 e. The fraction of sp³-hybridized carbons (Fsp3) is 0.367. The average molecular weight is 530 g/mol. The van der Waals surface area contributed by atoms with Crippen LogP contribution in [0.25, 0.3) is 11.3 Å². The minimum absolute atomic E-state index is 0. The topological polar surface area (TPSA) is 132 Å². The van der Waals surface area contributed by atoms with Crippen molar-refractivity contribution < 1.29 is 11.0 Å². The molecule has 9 heteroatoms. The summed E-state index contributed by atoms with van der Waals surface area (Å²) in [5, 5.41) is 16.4. The number of carbonyl (C=O) groups excluding carboxylic acids is 1. The van der Waals surface area contributed by atoms with Gasteiger partial charge in [0.1, 0.15) is 0 Å². The van der Waals surface area contributed by atoms with Gasteiger partial charge < -0.3 is 20.3 Å². The van der Waals surface area contributed by atoms with Crippen LogP contribution in [0.4, 0.5) is 5.82 Å². The monoisotopic (exact) mass is 529 g/mol. The fourth-order valence-electron chi connectivity index (χ4n) is 4.36. The Morgan fingerprint density at radius 1 is 0.974 bits per heavy atom. The molecule has 0 unspecified atom stereocenters. The van der Waals surface area contributed by atoms with Crippen LogP contribution in [0.5, 0.6) is 0 Å². The number of ether oxygens (including phenoxy) is 1. The molecule has 206 valence electrons. The van der Waals surface area contributed by atoms with E-state index in [1.54, 1.807) is 36.4 Å². The van der Waals surface area contributed by atoms with Crippen LogP contribution in [0.2, 0.25) is 0 Å². The van der Waals surface area contributed by atoms with E-state index in [2.05, 4.69) is 35.6 Å². The summed E-state index contributed by atoms with van der Waals surface area (Å²) < 4.78 is 5.39. The molecule has 4 rings (SSSR count). The summed E-state index contributed by atoms with van der Waals surface area (Å²) in [5.74, 6) is -0.479. The molecule has 0 atom stereocenters. The summed E-state index contributed by atoms with van der Waals surface area (Å²) in [6, 6.07) is 16.1. The second kappa shape index (κ2) is 12.2. The molecule has 1 aromatic heterocycles. The number of hydrogen-bond donors (Lipinski definition) is 3. The van der Waals surface area contributed by atoms with Gasteiger partial charge >= 0.3 is 0 Å². The number of anilines is 1. The molecule has 2 aromatic carbocycles. The smallest absolute Gasteiger partial charge is 0.253 e. The first kappa shape index (κ1) is 27.9. The zero-order valence-electron chi connectivity index (χ0n) is 22.9. The minimum Gasteiger partial charge on any atom is -0.419 e. The molecule has 1 saturated heterocycles. The van der Waals surface area contributed by atoms with Crippen LogP contribution in [0.3, 0.4) is 0 Å². The number of nitrogen functional groups attached to an aromatic ring is 1. The third-order valence-electron chi connectivity index (χ3n) is 6.74. The van der Waals surface area contributed by atoms with Crippen molar-refractivity contribution in [1.82, 2.24) is 19.8 Å². The first-order chi connectivity index (χ1) is 18.6. The van der Waals surface area contributed by atoms with Gasteiger partial charge in [-0.05, 0) is 55.6 Å². The number of nitrogens with two attached hydrogens (primary N) is 1. The molecule has 9 nitrogen and oxygen atoms in total. The lowest BCUT2D eigenvalue weighted by atomic mass is 9.92. The molecule has 4 N–H and O–H groups in total. The van der Waals surface area contributed by atoms with Gasteiger partial charge in [0.15, 0.2) is 11.5 Å². The van der Waals surface area contributed by atoms with E-state index in [4.69, 9.17) is 21.3 Å². The van der Waals surface area contributed by atoms with Crippen molar-refractivity contribution in [2.24, 2.45) is 5.41 Å². The third-order valence-corrected chi connectivity index (χ3v) is 6.74. The maximum absolute atomic E-state index is 13.2. The normalized spacial score (nSPS) is 14.5. The van der Waals surface area contributed by atoms with Crippen LogP contribution in [-0.2, 0) is 4.74 Å². The zero-order chi connectivity index (χ0) is 28.0. The van der Waals surface area contributed by atoms with Gasteiger partial charge in [0, 0.05) is 37.8 Å². The third kappa shape index (κ3) is 7.48. The second-order valence-corrected chi connectivity index (χ2v) is 11.0. The zero-order valence-corrected chi connectivity index (χ0v) is 22.9. The maximum Gasteiger partial charge on any atom is 0.253 e. The number of carbonyl (C=O) groups is 1. The summed E-state index contributed by atoms with van der Waals surface area (Å²) in [4.78, 5) is 26.3. The molecule has 1 fully saturated rings. The molecule has 0 spiro atoms. The molecule has 3 aromatic rings. The minimum atomic E-state index is -0.361. The summed E-state index contributed by atoms with van der Waals surface area (Å²) in [7, 11) is 0. The molecule has 1 aliphatic heterocycles. The van der Waals surface area contributed by atoms with Gasteiger partial charge in [-0.15, -0.1) is 0 Å². The first-order valence-corrected chi connectivity index (χ1v) is 13.3. The summed E-state index contributed by atoms with van der Waals surface area (Å²) in [5.41, 5.74) is 8.70. The van der Waals surface area contributed by atoms with Crippen molar-refractivity contribution >= 4 is 23.5 Å². The van der Waals surface area contributed by atoms with Gasteiger partial charge in [-0.2, -0.15) is 0 Å². The van der Waals surface area contributed by atoms with E-state index in [9.17, 15) is 4.79 Å². The number of amides is 1. The van der Waals surface area contributed by atoms with Crippen molar-refractivity contribution in [3.63, 3.8) is 0 Å². The summed E-state index contributed by atoms with van der Waals surface area (Å²) in [6.07, 6.45) is 3.62.